The van der Waals surface area contributed by atoms with Gasteiger partial charge in [0.15, 0.2) is 6.61 Å². The minimum absolute atomic E-state index is 0.0815. The second kappa shape index (κ2) is 5.82. The van der Waals surface area contributed by atoms with Gasteiger partial charge in [0.2, 0.25) is 5.95 Å². The lowest BCUT2D eigenvalue weighted by molar-refractivity contribution is -0.118. The van der Waals surface area contributed by atoms with Crippen LogP contribution in [0.15, 0.2) is 18.2 Å². The van der Waals surface area contributed by atoms with Crippen molar-refractivity contribution in [2.45, 2.75) is 19.3 Å². The van der Waals surface area contributed by atoms with E-state index >= 15 is 0 Å². The number of hydrogen-bond donors (Lipinski definition) is 2. The van der Waals surface area contributed by atoms with Gasteiger partial charge in [-0.2, -0.15) is 4.98 Å². The molecule has 0 saturated heterocycles. The molecule has 0 spiro atoms. The Bertz CT molecular complexity index is 653. The van der Waals surface area contributed by atoms with Crippen molar-refractivity contribution in [1.82, 2.24) is 15.2 Å². The van der Waals surface area contributed by atoms with E-state index in [9.17, 15) is 4.79 Å². The summed E-state index contributed by atoms with van der Waals surface area (Å²) in [4.78, 5) is 15.6. The number of anilines is 1. The summed E-state index contributed by atoms with van der Waals surface area (Å²) >= 11 is 0. The Labute approximate surface area is 121 Å². The minimum Gasteiger partial charge on any atom is -0.484 e. The lowest BCUT2D eigenvalue weighted by Gasteiger charge is -2.07. The molecule has 1 aromatic heterocycles. The van der Waals surface area contributed by atoms with Crippen LogP contribution in [0.3, 0.4) is 0 Å². The van der Waals surface area contributed by atoms with E-state index in [1.807, 2.05) is 12.1 Å². The number of rotatable bonds is 5. The van der Waals surface area contributed by atoms with Gasteiger partial charge in [0.25, 0.3) is 5.91 Å². The van der Waals surface area contributed by atoms with Crippen LogP contribution in [0.5, 0.6) is 11.8 Å². The zero-order valence-corrected chi connectivity index (χ0v) is 11.7. The average molecular weight is 288 g/mol. The molecule has 0 unspecified atom stereocenters. The zero-order chi connectivity index (χ0) is 14.7. The van der Waals surface area contributed by atoms with Crippen molar-refractivity contribution in [3.63, 3.8) is 0 Å². The minimum atomic E-state index is -0.311. The third kappa shape index (κ3) is 3.13. The molecule has 0 fully saturated rings. The third-order valence-electron chi connectivity index (χ3n) is 3.35. The van der Waals surface area contributed by atoms with Crippen molar-refractivity contribution >= 4 is 11.9 Å². The molecule has 0 bridgehead atoms. The van der Waals surface area contributed by atoms with Gasteiger partial charge in [0.1, 0.15) is 5.75 Å². The lowest BCUT2D eigenvalue weighted by Crippen LogP contribution is -2.20. The topological polar surface area (TPSA) is 89.1 Å². The van der Waals surface area contributed by atoms with E-state index in [1.54, 1.807) is 0 Å². The van der Waals surface area contributed by atoms with Crippen LogP contribution in [0, 0.1) is 0 Å². The number of methoxy groups -OCH3 is 1. The Balaban J connectivity index is 1.53. The molecule has 1 aromatic carbocycles. The van der Waals surface area contributed by atoms with E-state index in [-0.39, 0.29) is 24.5 Å². The predicted molar refractivity (Wildman–Crippen MR) is 75.5 cm³/mol. The number of ether oxygens (including phenoxy) is 2. The van der Waals surface area contributed by atoms with E-state index < -0.39 is 0 Å². The molecule has 1 amide bonds. The molecule has 7 heteroatoms. The Kier molecular flexibility index (Phi) is 3.72. The van der Waals surface area contributed by atoms with Gasteiger partial charge in [0, 0.05) is 0 Å². The number of fused-ring (bicyclic) bond motifs is 1. The van der Waals surface area contributed by atoms with Gasteiger partial charge in [-0.15, -0.1) is 5.10 Å². The second-order valence-corrected chi connectivity index (χ2v) is 4.79. The van der Waals surface area contributed by atoms with E-state index in [4.69, 9.17) is 9.47 Å². The van der Waals surface area contributed by atoms with E-state index in [2.05, 4.69) is 26.6 Å². The van der Waals surface area contributed by atoms with Crippen LogP contribution >= 0.6 is 0 Å². The van der Waals surface area contributed by atoms with E-state index in [0.717, 1.165) is 12.8 Å². The third-order valence-corrected chi connectivity index (χ3v) is 3.35. The molecule has 21 heavy (non-hydrogen) atoms. The molecule has 1 aliphatic carbocycles. The van der Waals surface area contributed by atoms with Crippen molar-refractivity contribution in [3.05, 3.63) is 29.3 Å². The first-order chi connectivity index (χ1) is 10.2. The average Bonchev–Trinajstić information content (AvgIpc) is 3.13. The molecular weight excluding hydrogens is 272 g/mol. The van der Waals surface area contributed by atoms with Crippen molar-refractivity contribution in [3.8, 4) is 11.8 Å². The molecule has 2 N–H and O–H groups in total. The Morgan fingerprint density at radius 1 is 1.38 bits per heavy atom. The maximum Gasteiger partial charge on any atom is 0.336 e. The van der Waals surface area contributed by atoms with Gasteiger partial charge in [-0.3, -0.25) is 10.1 Å². The SMILES string of the molecule is COc1n[nH]c(NC(=O)COc2ccc3c(c2)CCC3)n1. The largest absolute Gasteiger partial charge is 0.484 e. The molecule has 0 radical (unpaired) electrons. The molecular formula is C14H16N4O3. The van der Waals surface area contributed by atoms with Crippen LogP contribution in [-0.2, 0) is 17.6 Å². The summed E-state index contributed by atoms with van der Waals surface area (Å²) in [5.74, 6) is 0.629. The smallest absolute Gasteiger partial charge is 0.336 e. The van der Waals surface area contributed by atoms with Crippen LogP contribution in [0.1, 0.15) is 17.5 Å². The van der Waals surface area contributed by atoms with Gasteiger partial charge in [-0.05, 0) is 42.5 Å². The van der Waals surface area contributed by atoms with Crippen LogP contribution in [0.4, 0.5) is 5.95 Å². The van der Waals surface area contributed by atoms with Crippen molar-refractivity contribution in [1.29, 1.82) is 0 Å². The van der Waals surface area contributed by atoms with Crippen LogP contribution in [0.2, 0.25) is 0 Å². The molecule has 3 rings (SSSR count). The number of benzene rings is 1. The second-order valence-electron chi connectivity index (χ2n) is 4.79. The summed E-state index contributed by atoms with van der Waals surface area (Å²) < 4.78 is 10.3. The number of aromatic amines is 1. The van der Waals surface area contributed by atoms with Crippen LogP contribution in [-0.4, -0.2) is 34.8 Å². The molecule has 110 valence electrons. The van der Waals surface area contributed by atoms with Crippen LogP contribution < -0.4 is 14.8 Å². The fraction of sp³-hybridized carbons (Fsp3) is 0.357. The summed E-state index contributed by atoms with van der Waals surface area (Å²) in [6.07, 6.45) is 3.40. The lowest BCUT2D eigenvalue weighted by atomic mass is 10.1. The summed E-state index contributed by atoms with van der Waals surface area (Å²) in [6.45, 7) is -0.0815. The number of aromatic nitrogens is 3. The molecule has 7 nitrogen and oxygen atoms in total. The van der Waals surface area contributed by atoms with Gasteiger partial charge in [-0.25, -0.2) is 5.10 Å². The number of aryl methyl sites for hydroxylation is 2. The van der Waals surface area contributed by atoms with Gasteiger partial charge in [-0.1, -0.05) is 6.07 Å². The number of nitrogens with zero attached hydrogens (tertiary/aromatic N) is 2. The molecule has 0 atom stereocenters. The fourth-order valence-electron chi connectivity index (χ4n) is 2.35. The number of carbonyl (C=O) groups excluding carboxylic acids is 1. The Hall–Kier alpha value is -2.57. The number of nitrogens with one attached hydrogen (secondary N) is 2. The first-order valence-electron chi connectivity index (χ1n) is 6.75. The highest BCUT2D eigenvalue weighted by molar-refractivity contribution is 5.90. The van der Waals surface area contributed by atoms with Crippen LogP contribution in [0.25, 0.3) is 0 Å². The quantitative estimate of drug-likeness (QED) is 0.866. The number of hydrogen-bond acceptors (Lipinski definition) is 5. The molecule has 0 aliphatic heterocycles. The maximum atomic E-state index is 11.8. The van der Waals surface area contributed by atoms with E-state index in [1.165, 1.54) is 24.7 Å². The normalized spacial score (nSPS) is 12.8. The highest BCUT2D eigenvalue weighted by Gasteiger charge is 2.12. The molecule has 1 heterocycles. The highest BCUT2D eigenvalue weighted by atomic mass is 16.5. The van der Waals surface area contributed by atoms with Crippen molar-refractivity contribution in [2.75, 3.05) is 19.0 Å². The van der Waals surface area contributed by atoms with Gasteiger partial charge < -0.3 is 9.47 Å². The summed E-state index contributed by atoms with van der Waals surface area (Å²) in [5, 5.41) is 8.82. The fourth-order valence-corrected chi connectivity index (χ4v) is 2.35. The standard InChI is InChI=1S/C14H16N4O3/c1-20-14-16-13(17-18-14)15-12(19)8-21-11-6-5-9-3-2-4-10(9)7-11/h5-7H,2-4,8H2,1H3,(H2,15,16,17,18,19). The Morgan fingerprint density at radius 3 is 3.05 bits per heavy atom. The Morgan fingerprint density at radius 2 is 2.24 bits per heavy atom. The first kappa shape index (κ1) is 13.4. The monoisotopic (exact) mass is 288 g/mol. The number of H-pyrrole nitrogens is 1. The highest BCUT2D eigenvalue weighted by Crippen LogP contribution is 2.25. The molecule has 2 aromatic rings. The summed E-state index contributed by atoms with van der Waals surface area (Å²) in [5.41, 5.74) is 2.69. The molecule has 1 aliphatic rings. The number of carbonyl (C=O) groups is 1. The van der Waals surface area contributed by atoms with Gasteiger partial charge >= 0.3 is 6.01 Å². The van der Waals surface area contributed by atoms with Gasteiger partial charge in [0.05, 0.1) is 7.11 Å². The van der Waals surface area contributed by atoms with Crippen molar-refractivity contribution in [2.24, 2.45) is 0 Å². The maximum absolute atomic E-state index is 11.8. The zero-order valence-electron chi connectivity index (χ0n) is 11.7. The molecule has 0 saturated carbocycles. The first-order valence-corrected chi connectivity index (χ1v) is 6.75. The summed E-state index contributed by atoms with van der Waals surface area (Å²) in [6, 6.07) is 6.14. The van der Waals surface area contributed by atoms with E-state index in [0.29, 0.717) is 5.75 Å². The van der Waals surface area contributed by atoms with Crippen molar-refractivity contribution < 1.29 is 14.3 Å². The predicted octanol–water partition coefficient (Wildman–Crippen LogP) is 1.32. The number of amides is 1. The summed E-state index contributed by atoms with van der Waals surface area (Å²) in [7, 11) is 1.45.